The second-order valence-corrected chi connectivity index (χ2v) is 6.54. The first-order valence-electron chi connectivity index (χ1n) is 7.64. The number of rotatable bonds is 3. The number of aliphatic carboxylic acids is 1. The number of hydrogen-bond acceptors (Lipinski definition) is 2. The number of carboxylic acid groups (broad SMARTS) is 1. The molecular formula is C17H21NO3. The van der Waals surface area contributed by atoms with E-state index in [-0.39, 0.29) is 23.7 Å². The van der Waals surface area contributed by atoms with E-state index < -0.39 is 5.97 Å². The molecule has 4 heteroatoms. The third kappa shape index (κ3) is 2.43. The van der Waals surface area contributed by atoms with Crippen molar-refractivity contribution in [2.75, 3.05) is 11.4 Å². The summed E-state index contributed by atoms with van der Waals surface area (Å²) in [5.74, 6) is -0.732. The SMILES string of the molecule is CC1(C(=O)N2CC(CC(=O)O)c3ccccc32)CCCC1. The van der Waals surface area contributed by atoms with Crippen LogP contribution in [-0.4, -0.2) is 23.5 Å². The van der Waals surface area contributed by atoms with Gasteiger partial charge in [-0.3, -0.25) is 9.59 Å². The van der Waals surface area contributed by atoms with E-state index in [1.54, 1.807) is 0 Å². The fraction of sp³-hybridized carbons (Fsp3) is 0.529. The Morgan fingerprint density at radius 1 is 1.29 bits per heavy atom. The molecule has 1 fully saturated rings. The quantitative estimate of drug-likeness (QED) is 0.929. The van der Waals surface area contributed by atoms with Crippen LogP contribution in [0.1, 0.15) is 50.5 Å². The lowest BCUT2D eigenvalue weighted by Gasteiger charge is -2.29. The van der Waals surface area contributed by atoms with Gasteiger partial charge in [0.25, 0.3) is 0 Å². The van der Waals surface area contributed by atoms with E-state index in [2.05, 4.69) is 6.92 Å². The van der Waals surface area contributed by atoms with E-state index in [4.69, 9.17) is 5.11 Å². The third-order valence-electron chi connectivity index (χ3n) is 4.96. The van der Waals surface area contributed by atoms with Crippen molar-refractivity contribution < 1.29 is 14.7 Å². The molecule has 0 aromatic heterocycles. The average Bonchev–Trinajstić information content (AvgIpc) is 3.04. The molecule has 1 N–H and O–H groups in total. The van der Waals surface area contributed by atoms with Crippen molar-refractivity contribution in [1.82, 2.24) is 0 Å². The summed E-state index contributed by atoms with van der Waals surface area (Å²) in [5, 5.41) is 9.08. The molecule has 1 aliphatic heterocycles. The highest BCUT2D eigenvalue weighted by Crippen LogP contribution is 2.44. The number of carbonyl (C=O) groups excluding carboxylic acids is 1. The largest absolute Gasteiger partial charge is 0.481 e. The summed E-state index contributed by atoms with van der Waals surface area (Å²) in [6.45, 7) is 2.55. The van der Waals surface area contributed by atoms with Crippen molar-refractivity contribution in [3.8, 4) is 0 Å². The summed E-state index contributed by atoms with van der Waals surface area (Å²) in [6, 6.07) is 7.72. The molecule has 0 saturated heterocycles. The Bertz CT molecular complexity index is 575. The number of hydrogen-bond donors (Lipinski definition) is 1. The molecule has 1 atom stereocenters. The van der Waals surface area contributed by atoms with Gasteiger partial charge in [0, 0.05) is 23.6 Å². The Labute approximate surface area is 124 Å². The Hall–Kier alpha value is -1.84. The summed E-state index contributed by atoms with van der Waals surface area (Å²) in [6.07, 6.45) is 4.17. The Balaban J connectivity index is 1.90. The van der Waals surface area contributed by atoms with Gasteiger partial charge in [-0.15, -0.1) is 0 Å². The summed E-state index contributed by atoms with van der Waals surface area (Å²) >= 11 is 0. The molecule has 1 aromatic carbocycles. The molecule has 0 spiro atoms. The zero-order chi connectivity index (χ0) is 15.0. The molecule has 1 saturated carbocycles. The minimum absolute atomic E-state index is 0.0809. The highest BCUT2D eigenvalue weighted by molar-refractivity contribution is 5.99. The van der Waals surface area contributed by atoms with Crippen LogP contribution < -0.4 is 4.90 Å². The zero-order valence-electron chi connectivity index (χ0n) is 12.3. The lowest BCUT2D eigenvalue weighted by Crippen LogP contribution is -2.40. The Morgan fingerprint density at radius 2 is 1.95 bits per heavy atom. The predicted molar refractivity (Wildman–Crippen MR) is 80.4 cm³/mol. The first kappa shape index (κ1) is 14.1. The highest BCUT2D eigenvalue weighted by atomic mass is 16.4. The van der Waals surface area contributed by atoms with Crippen molar-refractivity contribution in [2.24, 2.45) is 5.41 Å². The lowest BCUT2D eigenvalue weighted by atomic mass is 9.87. The summed E-state index contributed by atoms with van der Waals surface area (Å²) < 4.78 is 0. The average molecular weight is 287 g/mol. The molecule has 1 unspecified atom stereocenters. The number of amides is 1. The van der Waals surface area contributed by atoms with Crippen molar-refractivity contribution in [2.45, 2.75) is 44.9 Å². The van der Waals surface area contributed by atoms with Crippen LogP contribution in [0.5, 0.6) is 0 Å². The Morgan fingerprint density at radius 3 is 2.62 bits per heavy atom. The van der Waals surface area contributed by atoms with Crippen LogP contribution in [0.15, 0.2) is 24.3 Å². The van der Waals surface area contributed by atoms with Crippen LogP contribution >= 0.6 is 0 Å². The summed E-state index contributed by atoms with van der Waals surface area (Å²) in [4.78, 5) is 25.8. The summed E-state index contributed by atoms with van der Waals surface area (Å²) in [7, 11) is 0. The molecule has 0 radical (unpaired) electrons. The second-order valence-electron chi connectivity index (χ2n) is 6.54. The van der Waals surface area contributed by atoms with E-state index in [1.807, 2.05) is 29.2 Å². The fourth-order valence-corrected chi connectivity index (χ4v) is 3.77. The zero-order valence-corrected chi connectivity index (χ0v) is 12.3. The van der Waals surface area contributed by atoms with Crippen molar-refractivity contribution in [3.63, 3.8) is 0 Å². The van der Waals surface area contributed by atoms with Gasteiger partial charge in [0.1, 0.15) is 0 Å². The number of benzene rings is 1. The minimum Gasteiger partial charge on any atom is -0.481 e. The molecule has 1 aromatic rings. The predicted octanol–water partition coefficient (Wildman–Crippen LogP) is 3.17. The van der Waals surface area contributed by atoms with Gasteiger partial charge in [-0.25, -0.2) is 0 Å². The maximum absolute atomic E-state index is 12.9. The van der Waals surface area contributed by atoms with E-state index in [0.29, 0.717) is 6.54 Å². The van der Waals surface area contributed by atoms with Gasteiger partial charge < -0.3 is 10.0 Å². The minimum atomic E-state index is -0.809. The molecule has 4 nitrogen and oxygen atoms in total. The first-order valence-corrected chi connectivity index (χ1v) is 7.64. The van der Waals surface area contributed by atoms with Crippen LogP contribution in [0.25, 0.3) is 0 Å². The second kappa shape index (κ2) is 5.17. The van der Waals surface area contributed by atoms with E-state index in [9.17, 15) is 9.59 Å². The normalized spacial score (nSPS) is 23.1. The number of carboxylic acids is 1. The van der Waals surface area contributed by atoms with Gasteiger partial charge in [-0.05, 0) is 24.5 Å². The van der Waals surface area contributed by atoms with Crippen molar-refractivity contribution in [3.05, 3.63) is 29.8 Å². The molecular weight excluding hydrogens is 266 g/mol. The molecule has 21 heavy (non-hydrogen) atoms. The maximum Gasteiger partial charge on any atom is 0.304 e. The lowest BCUT2D eigenvalue weighted by molar-refractivity contribution is -0.137. The maximum atomic E-state index is 12.9. The first-order chi connectivity index (χ1) is 10.0. The molecule has 112 valence electrons. The van der Waals surface area contributed by atoms with Gasteiger partial charge in [0.2, 0.25) is 5.91 Å². The smallest absolute Gasteiger partial charge is 0.304 e. The standard InChI is InChI=1S/C17H21NO3/c1-17(8-4-5-9-17)16(21)18-11-12(10-15(19)20)13-6-2-3-7-14(13)18/h2-3,6-7,12H,4-5,8-11H2,1H3,(H,19,20). The van der Waals surface area contributed by atoms with Crippen LogP contribution in [0.3, 0.4) is 0 Å². The molecule has 0 bridgehead atoms. The van der Waals surface area contributed by atoms with Gasteiger partial charge in [-0.1, -0.05) is 38.0 Å². The number of carbonyl (C=O) groups is 2. The van der Waals surface area contributed by atoms with Crippen molar-refractivity contribution in [1.29, 1.82) is 0 Å². The van der Waals surface area contributed by atoms with Crippen LogP contribution in [-0.2, 0) is 9.59 Å². The van der Waals surface area contributed by atoms with Gasteiger partial charge in [0.05, 0.1) is 6.42 Å². The number of para-hydroxylation sites is 1. The van der Waals surface area contributed by atoms with Gasteiger partial charge in [0.15, 0.2) is 0 Å². The number of anilines is 1. The fourth-order valence-electron chi connectivity index (χ4n) is 3.77. The monoisotopic (exact) mass is 287 g/mol. The van der Waals surface area contributed by atoms with E-state index in [0.717, 1.165) is 36.9 Å². The molecule has 1 aliphatic carbocycles. The number of nitrogens with zero attached hydrogens (tertiary/aromatic N) is 1. The van der Waals surface area contributed by atoms with Crippen LogP contribution in [0.4, 0.5) is 5.69 Å². The van der Waals surface area contributed by atoms with Gasteiger partial charge in [-0.2, -0.15) is 0 Å². The topological polar surface area (TPSA) is 57.6 Å². The molecule has 1 amide bonds. The highest BCUT2D eigenvalue weighted by Gasteiger charge is 2.43. The molecule has 1 heterocycles. The van der Waals surface area contributed by atoms with Crippen LogP contribution in [0, 0.1) is 5.41 Å². The van der Waals surface area contributed by atoms with Crippen molar-refractivity contribution >= 4 is 17.6 Å². The summed E-state index contributed by atoms with van der Waals surface area (Å²) in [5.41, 5.74) is 1.63. The Kier molecular flexibility index (Phi) is 3.47. The van der Waals surface area contributed by atoms with E-state index >= 15 is 0 Å². The van der Waals surface area contributed by atoms with Gasteiger partial charge >= 0.3 is 5.97 Å². The third-order valence-corrected chi connectivity index (χ3v) is 4.96. The molecule has 2 aliphatic rings. The molecule has 3 rings (SSSR count). The van der Waals surface area contributed by atoms with E-state index in [1.165, 1.54) is 0 Å². The number of fused-ring (bicyclic) bond motifs is 1. The van der Waals surface area contributed by atoms with Crippen LogP contribution in [0.2, 0.25) is 0 Å².